The van der Waals surface area contributed by atoms with Gasteiger partial charge in [0.05, 0.1) is 12.4 Å². The third kappa shape index (κ3) is 2.23. The molecule has 1 N–H and O–H groups in total. The maximum Gasteiger partial charge on any atom is 0.159 e. The van der Waals surface area contributed by atoms with E-state index in [1.54, 1.807) is 6.20 Å². The van der Waals surface area contributed by atoms with E-state index in [1.165, 1.54) is 0 Å². The van der Waals surface area contributed by atoms with Crippen molar-refractivity contribution in [3.05, 3.63) is 12.4 Å². The van der Waals surface area contributed by atoms with Crippen LogP contribution in [0.15, 0.2) is 12.4 Å². The number of aryl methyl sites for hydroxylation is 1. The van der Waals surface area contributed by atoms with E-state index in [0.29, 0.717) is 6.73 Å². The number of ether oxygens (including phenoxy) is 1. The highest BCUT2D eigenvalue weighted by molar-refractivity contribution is 5.11. The molecule has 0 aromatic carbocycles. The summed E-state index contributed by atoms with van der Waals surface area (Å²) in [7, 11) is 1.84. The van der Waals surface area contributed by atoms with E-state index >= 15 is 0 Å². The third-order valence-electron chi connectivity index (χ3n) is 1.32. The molecular formula is C7H13N3O. The predicted molar refractivity (Wildman–Crippen MR) is 42.5 cm³/mol. The maximum absolute atomic E-state index is 5.24. The molecule has 4 heteroatoms. The van der Waals surface area contributed by atoms with E-state index in [0.717, 1.165) is 12.3 Å². The molecule has 0 unspecified atom stereocenters. The molecule has 1 rings (SSSR count). The summed E-state index contributed by atoms with van der Waals surface area (Å²) < 4.78 is 7.07. The second kappa shape index (κ2) is 3.98. The monoisotopic (exact) mass is 155 g/mol. The Hall–Kier alpha value is -1.03. The molecular weight excluding hydrogens is 142 g/mol. The topological polar surface area (TPSA) is 39.1 Å². The van der Waals surface area contributed by atoms with Gasteiger partial charge in [-0.25, -0.2) is 0 Å². The van der Waals surface area contributed by atoms with Crippen LogP contribution >= 0.6 is 0 Å². The molecule has 0 saturated carbocycles. The van der Waals surface area contributed by atoms with Crippen LogP contribution < -0.4 is 10.1 Å². The highest BCUT2D eigenvalue weighted by Gasteiger charge is 1.95. The Morgan fingerprint density at radius 1 is 1.73 bits per heavy atom. The average molecular weight is 155 g/mol. The third-order valence-corrected chi connectivity index (χ3v) is 1.32. The first-order valence-corrected chi connectivity index (χ1v) is 3.66. The second-order valence-electron chi connectivity index (χ2n) is 2.17. The lowest BCUT2D eigenvalue weighted by Gasteiger charge is -1.99. The summed E-state index contributed by atoms with van der Waals surface area (Å²) in [5, 5.41) is 6.94. The van der Waals surface area contributed by atoms with Crippen molar-refractivity contribution in [3.8, 4) is 5.75 Å². The molecule has 1 aromatic rings. The standard InChI is InChI=1S/C7H13N3O/c1-3-10-5-7(4-9-10)11-6-8-2/h4-5,8H,3,6H2,1-2H3. The number of aromatic nitrogens is 2. The van der Waals surface area contributed by atoms with Gasteiger partial charge in [-0.3, -0.25) is 10.00 Å². The van der Waals surface area contributed by atoms with E-state index in [1.807, 2.05) is 24.9 Å². The minimum absolute atomic E-state index is 0.523. The molecule has 0 radical (unpaired) electrons. The van der Waals surface area contributed by atoms with Crippen LogP contribution in [-0.2, 0) is 6.54 Å². The van der Waals surface area contributed by atoms with Gasteiger partial charge in [0.25, 0.3) is 0 Å². The van der Waals surface area contributed by atoms with Crippen molar-refractivity contribution in [1.82, 2.24) is 15.1 Å². The summed E-state index contributed by atoms with van der Waals surface area (Å²) in [6.07, 6.45) is 3.58. The number of nitrogens with one attached hydrogen (secondary N) is 1. The van der Waals surface area contributed by atoms with E-state index in [4.69, 9.17) is 4.74 Å². The fourth-order valence-electron chi connectivity index (χ4n) is 0.748. The van der Waals surface area contributed by atoms with E-state index < -0.39 is 0 Å². The van der Waals surface area contributed by atoms with Crippen LogP contribution in [0.3, 0.4) is 0 Å². The fraction of sp³-hybridized carbons (Fsp3) is 0.571. The minimum atomic E-state index is 0.523. The van der Waals surface area contributed by atoms with Gasteiger partial charge in [-0.15, -0.1) is 0 Å². The van der Waals surface area contributed by atoms with Gasteiger partial charge in [-0.1, -0.05) is 0 Å². The van der Waals surface area contributed by atoms with Crippen molar-refractivity contribution in [3.63, 3.8) is 0 Å². The quantitative estimate of drug-likeness (QED) is 0.642. The van der Waals surface area contributed by atoms with Crippen LogP contribution in [-0.4, -0.2) is 23.6 Å². The van der Waals surface area contributed by atoms with Crippen molar-refractivity contribution in [2.45, 2.75) is 13.5 Å². The summed E-state index contributed by atoms with van der Waals surface area (Å²) in [6.45, 7) is 3.44. The molecule has 0 saturated heterocycles. The molecule has 0 fully saturated rings. The highest BCUT2D eigenvalue weighted by atomic mass is 16.5. The van der Waals surface area contributed by atoms with Crippen LogP contribution in [0.25, 0.3) is 0 Å². The first kappa shape index (κ1) is 8.07. The van der Waals surface area contributed by atoms with Crippen LogP contribution in [0.5, 0.6) is 5.75 Å². The Balaban J connectivity index is 2.44. The second-order valence-corrected chi connectivity index (χ2v) is 2.17. The van der Waals surface area contributed by atoms with Crippen molar-refractivity contribution < 1.29 is 4.74 Å². The molecule has 0 aliphatic carbocycles. The summed E-state index contributed by atoms with van der Waals surface area (Å²) in [5.41, 5.74) is 0. The largest absolute Gasteiger partial charge is 0.475 e. The number of rotatable bonds is 4. The van der Waals surface area contributed by atoms with Gasteiger partial charge < -0.3 is 4.74 Å². The van der Waals surface area contributed by atoms with Gasteiger partial charge in [0.1, 0.15) is 6.73 Å². The zero-order valence-corrected chi connectivity index (χ0v) is 6.87. The Labute approximate surface area is 66.2 Å². The molecule has 0 bridgehead atoms. The summed E-state index contributed by atoms with van der Waals surface area (Å²) in [6, 6.07) is 0. The summed E-state index contributed by atoms with van der Waals surface area (Å²) in [5.74, 6) is 0.807. The summed E-state index contributed by atoms with van der Waals surface area (Å²) in [4.78, 5) is 0. The van der Waals surface area contributed by atoms with Crippen LogP contribution in [0.2, 0.25) is 0 Å². The Morgan fingerprint density at radius 2 is 2.55 bits per heavy atom. The Bertz CT molecular complexity index is 209. The van der Waals surface area contributed by atoms with Crippen molar-refractivity contribution in [2.24, 2.45) is 0 Å². The molecule has 0 amide bonds. The number of nitrogens with zero attached hydrogens (tertiary/aromatic N) is 2. The molecule has 0 aliphatic rings. The van der Waals surface area contributed by atoms with E-state index in [2.05, 4.69) is 10.4 Å². The molecule has 62 valence electrons. The van der Waals surface area contributed by atoms with Crippen LogP contribution in [0.1, 0.15) is 6.92 Å². The smallest absolute Gasteiger partial charge is 0.159 e. The van der Waals surface area contributed by atoms with Crippen molar-refractivity contribution in [1.29, 1.82) is 0 Å². The molecule has 0 spiro atoms. The molecule has 11 heavy (non-hydrogen) atoms. The predicted octanol–water partition coefficient (Wildman–Crippen LogP) is 0.459. The zero-order chi connectivity index (χ0) is 8.10. The van der Waals surface area contributed by atoms with Gasteiger partial charge in [0.15, 0.2) is 5.75 Å². The molecule has 4 nitrogen and oxygen atoms in total. The number of hydrogen-bond donors (Lipinski definition) is 1. The maximum atomic E-state index is 5.24. The van der Waals surface area contributed by atoms with E-state index in [9.17, 15) is 0 Å². The minimum Gasteiger partial charge on any atom is -0.475 e. The van der Waals surface area contributed by atoms with Gasteiger partial charge in [0, 0.05) is 6.54 Å². The normalized spacial score (nSPS) is 10.0. The average Bonchev–Trinajstić information content (AvgIpc) is 2.48. The Kier molecular flexibility index (Phi) is 2.92. The zero-order valence-electron chi connectivity index (χ0n) is 6.87. The van der Waals surface area contributed by atoms with Crippen molar-refractivity contribution >= 4 is 0 Å². The first-order valence-electron chi connectivity index (χ1n) is 3.66. The molecule has 1 aromatic heterocycles. The fourth-order valence-corrected chi connectivity index (χ4v) is 0.748. The SMILES string of the molecule is CCn1cc(OCNC)cn1. The first-order chi connectivity index (χ1) is 5.36. The molecule has 1 heterocycles. The Morgan fingerprint density at radius 3 is 3.09 bits per heavy atom. The molecule has 0 aliphatic heterocycles. The van der Waals surface area contributed by atoms with Gasteiger partial charge in [0.2, 0.25) is 0 Å². The van der Waals surface area contributed by atoms with Crippen LogP contribution in [0.4, 0.5) is 0 Å². The van der Waals surface area contributed by atoms with Crippen molar-refractivity contribution in [2.75, 3.05) is 13.8 Å². The lowest BCUT2D eigenvalue weighted by atomic mass is 10.6. The lowest BCUT2D eigenvalue weighted by molar-refractivity contribution is 0.295. The molecule has 0 atom stereocenters. The van der Waals surface area contributed by atoms with E-state index in [-0.39, 0.29) is 0 Å². The van der Waals surface area contributed by atoms with Gasteiger partial charge >= 0.3 is 0 Å². The lowest BCUT2D eigenvalue weighted by Crippen LogP contribution is -2.13. The summed E-state index contributed by atoms with van der Waals surface area (Å²) >= 11 is 0. The number of hydrogen-bond acceptors (Lipinski definition) is 3. The van der Waals surface area contributed by atoms with Gasteiger partial charge in [-0.2, -0.15) is 5.10 Å². The van der Waals surface area contributed by atoms with Gasteiger partial charge in [-0.05, 0) is 14.0 Å². The van der Waals surface area contributed by atoms with Crippen LogP contribution in [0, 0.1) is 0 Å². The highest BCUT2D eigenvalue weighted by Crippen LogP contribution is 2.06.